The second-order valence-corrected chi connectivity index (χ2v) is 5.31. The van der Waals surface area contributed by atoms with Crippen molar-refractivity contribution in [3.8, 4) is 0 Å². The number of benzene rings is 1. The van der Waals surface area contributed by atoms with E-state index in [2.05, 4.69) is 4.98 Å². The van der Waals surface area contributed by atoms with Crippen LogP contribution < -0.4 is 0 Å². The van der Waals surface area contributed by atoms with Crippen LogP contribution in [0.15, 0.2) is 54.7 Å². The third kappa shape index (κ3) is 2.76. The van der Waals surface area contributed by atoms with E-state index in [9.17, 15) is 14.7 Å². The molecule has 2 atom stereocenters. The molecule has 2 heterocycles. The van der Waals surface area contributed by atoms with E-state index in [1.807, 2.05) is 6.07 Å². The SMILES string of the molecule is O=C(c1ccccn1)[C@H]1C[C@@H](O)CN1C(=O)c1ccccc1. The molecule has 0 unspecified atom stereocenters. The average Bonchev–Trinajstić information content (AvgIpc) is 2.97. The molecule has 1 amide bonds. The van der Waals surface area contributed by atoms with E-state index in [1.54, 1.807) is 48.7 Å². The Labute approximate surface area is 128 Å². The first-order valence-electron chi connectivity index (χ1n) is 7.16. The summed E-state index contributed by atoms with van der Waals surface area (Å²) in [6, 6.07) is 13.2. The minimum atomic E-state index is -0.690. The predicted molar refractivity (Wildman–Crippen MR) is 80.5 cm³/mol. The fraction of sp³-hybridized carbons (Fsp3) is 0.235. The van der Waals surface area contributed by atoms with Crippen LogP contribution in [0.4, 0.5) is 0 Å². The molecule has 1 aromatic heterocycles. The van der Waals surface area contributed by atoms with Gasteiger partial charge < -0.3 is 10.0 Å². The molecule has 3 rings (SSSR count). The number of β-amino-alcohol motifs (C(OH)–C–C–N with tert-alkyl or cyclic N) is 1. The summed E-state index contributed by atoms with van der Waals surface area (Å²) in [5.41, 5.74) is 0.822. The minimum Gasteiger partial charge on any atom is -0.391 e. The van der Waals surface area contributed by atoms with Crippen molar-refractivity contribution in [3.05, 3.63) is 66.0 Å². The molecule has 5 nitrogen and oxygen atoms in total. The molecular weight excluding hydrogens is 280 g/mol. The summed E-state index contributed by atoms with van der Waals surface area (Å²) in [5, 5.41) is 9.90. The topological polar surface area (TPSA) is 70.5 Å². The van der Waals surface area contributed by atoms with Crippen LogP contribution in [-0.2, 0) is 0 Å². The fourth-order valence-electron chi connectivity index (χ4n) is 2.71. The van der Waals surface area contributed by atoms with Gasteiger partial charge in [-0.05, 0) is 24.3 Å². The summed E-state index contributed by atoms with van der Waals surface area (Å²) in [6.45, 7) is 0.164. The van der Waals surface area contributed by atoms with E-state index in [0.717, 1.165) is 0 Å². The lowest BCUT2D eigenvalue weighted by Crippen LogP contribution is -2.41. The third-order valence-electron chi connectivity index (χ3n) is 3.78. The summed E-state index contributed by atoms with van der Waals surface area (Å²) >= 11 is 0. The standard InChI is InChI=1S/C17H16N2O3/c20-13-10-15(16(21)14-8-4-5-9-18-14)19(11-13)17(22)12-6-2-1-3-7-12/h1-9,13,15,20H,10-11H2/t13-,15-/m1/s1. The lowest BCUT2D eigenvalue weighted by atomic mass is 10.1. The molecular formula is C17H16N2O3. The van der Waals surface area contributed by atoms with Gasteiger partial charge in [0.05, 0.1) is 12.1 Å². The molecule has 2 aromatic rings. The second-order valence-electron chi connectivity index (χ2n) is 5.31. The number of aliphatic hydroxyl groups excluding tert-OH is 1. The number of likely N-dealkylation sites (tertiary alicyclic amines) is 1. The number of aliphatic hydroxyl groups is 1. The highest BCUT2D eigenvalue weighted by Crippen LogP contribution is 2.23. The van der Waals surface area contributed by atoms with E-state index in [1.165, 1.54) is 4.90 Å². The normalized spacial score (nSPS) is 20.9. The van der Waals surface area contributed by atoms with E-state index >= 15 is 0 Å². The number of nitrogens with zero attached hydrogens (tertiary/aromatic N) is 2. The van der Waals surface area contributed by atoms with Crippen LogP contribution in [0.3, 0.4) is 0 Å². The Morgan fingerprint density at radius 1 is 1.09 bits per heavy atom. The summed E-state index contributed by atoms with van der Waals surface area (Å²) in [5.74, 6) is -0.479. The number of aromatic nitrogens is 1. The predicted octanol–water partition coefficient (Wildman–Crippen LogP) is 1.54. The van der Waals surface area contributed by atoms with Gasteiger partial charge in [0.25, 0.3) is 5.91 Å². The van der Waals surface area contributed by atoms with Crippen LogP contribution in [0, 0.1) is 0 Å². The Morgan fingerprint density at radius 2 is 1.82 bits per heavy atom. The molecule has 0 bridgehead atoms. The molecule has 1 aliphatic rings. The number of rotatable bonds is 3. The highest BCUT2D eigenvalue weighted by atomic mass is 16.3. The molecule has 0 spiro atoms. The first kappa shape index (κ1) is 14.4. The maximum Gasteiger partial charge on any atom is 0.254 e. The van der Waals surface area contributed by atoms with Gasteiger partial charge in [-0.1, -0.05) is 24.3 Å². The molecule has 1 aromatic carbocycles. The fourth-order valence-corrected chi connectivity index (χ4v) is 2.71. The van der Waals surface area contributed by atoms with E-state index in [4.69, 9.17) is 0 Å². The Morgan fingerprint density at radius 3 is 2.50 bits per heavy atom. The van der Waals surface area contributed by atoms with Gasteiger partial charge in [0, 0.05) is 24.7 Å². The maximum absolute atomic E-state index is 12.6. The molecule has 0 saturated carbocycles. The summed E-state index contributed by atoms with van der Waals surface area (Å²) in [6.07, 6.45) is 1.10. The number of carbonyl (C=O) groups is 2. The minimum absolute atomic E-state index is 0.164. The zero-order chi connectivity index (χ0) is 15.5. The van der Waals surface area contributed by atoms with Gasteiger partial charge in [-0.2, -0.15) is 0 Å². The van der Waals surface area contributed by atoms with Crippen LogP contribution in [0.5, 0.6) is 0 Å². The Hall–Kier alpha value is -2.53. The molecule has 22 heavy (non-hydrogen) atoms. The maximum atomic E-state index is 12.6. The average molecular weight is 296 g/mol. The van der Waals surface area contributed by atoms with Gasteiger partial charge >= 0.3 is 0 Å². The number of carbonyl (C=O) groups excluding carboxylic acids is 2. The largest absolute Gasteiger partial charge is 0.391 e. The van der Waals surface area contributed by atoms with Crippen LogP contribution in [0.2, 0.25) is 0 Å². The number of amides is 1. The number of ketones is 1. The molecule has 1 aliphatic heterocycles. The highest BCUT2D eigenvalue weighted by molar-refractivity contribution is 6.03. The van der Waals surface area contributed by atoms with Crippen molar-refractivity contribution in [1.29, 1.82) is 0 Å². The highest BCUT2D eigenvalue weighted by Gasteiger charge is 2.39. The van der Waals surface area contributed by atoms with Crippen molar-refractivity contribution >= 4 is 11.7 Å². The van der Waals surface area contributed by atoms with Gasteiger partial charge in [0.2, 0.25) is 5.78 Å². The number of pyridine rings is 1. The van der Waals surface area contributed by atoms with E-state index < -0.39 is 12.1 Å². The van der Waals surface area contributed by atoms with Gasteiger partial charge in [-0.3, -0.25) is 14.6 Å². The van der Waals surface area contributed by atoms with Gasteiger partial charge in [-0.25, -0.2) is 0 Å². The molecule has 0 aliphatic carbocycles. The summed E-state index contributed by atoms with van der Waals surface area (Å²) in [7, 11) is 0. The molecule has 5 heteroatoms. The lowest BCUT2D eigenvalue weighted by Gasteiger charge is -2.23. The van der Waals surface area contributed by atoms with Gasteiger partial charge in [0.15, 0.2) is 0 Å². The zero-order valence-corrected chi connectivity index (χ0v) is 11.9. The Balaban J connectivity index is 1.87. The van der Waals surface area contributed by atoms with E-state index in [0.29, 0.717) is 11.3 Å². The van der Waals surface area contributed by atoms with Crippen LogP contribution >= 0.6 is 0 Å². The lowest BCUT2D eigenvalue weighted by molar-refractivity contribution is 0.0660. The van der Waals surface area contributed by atoms with Crippen molar-refractivity contribution in [2.24, 2.45) is 0 Å². The van der Waals surface area contributed by atoms with Crippen LogP contribution in [0.25, 0.3) is 0 Å². The summed E-state index contributed by atoms with van der Waals surface area (Å²) in [4.78, 5) is 30.6. The van der Waals surface area contributed by atoms with Crippen LogP contribution in [0.1, 0.15) is 27.3 Å². The smallest absolute Gasteiger partial charge is 0.254 e. The molecule has 0 radical (unpaired) electrons. The van der Waals surface area contributed by atoms with Crippen LogP contribution in [-0.4, -0.2) is 45.4 Å². The first-order chi connectivity index (χ1) is 10.7. The molecule has 1 fully saturated rings. The number of Topliss-reactive ketones (excluding diaryl/α,β-unsaturated/α-hetero) is 1. The van der Waals surface area contributed by atoms with Gasteiger partial charge in [0.1, 0.15) is 5.69 Å². The molecule has 1 N–H and O–H groups in total. The molecule has 1 saturated heterocycles. The quantitative estimate of drug-likeness (QED) is 0.872. The van der Waals surface area contributed by atoms with Crippen molar-refractivity contribution < 1.29 is 14.7 Å². The first-order valence-corrected chi connectivity index (χ1v) is 7.16. The van der Waals surface area contributed by atoms with Crippen molar-refractivity contribution in [2.75, 3.05) is 6.54 Å². The van der Waals surface area contributed by atoms with Gasteiger partial charge in [-0.15, -0.1) is 0 Å². The zero-order valence-electron chi connectivity index (χ0n) is 11.9. The Kier molecular flexibility index (Phi) is 3.98. The number of hydrogen-bond acceptors (Lipinski definition) is 4. The van der Waals surface area contributed by atoms with Crippen molar-refractivity contribution in [1.82, 2.24) is 9.88 Å². The molecule has 112 valence electrons. The Bertz CT molecular complexity index is 613. The van der Waals surface area contributed by atoms with E-state index in [-0.39, 0.29) is 24.7 Å². The third-order valence-corrected chi connectivity index (χ3v) is 3.78. The monoisotopic (exact) mass is 296 g/mol. The second kappa shape index (κ2) is 6.07. The van der Waals surface area contributed by atoms with Crippen molar-refractivity contribution in [3.63, 3.8) is 0 Å². The number of hydrogen-bond donors (Lipinski definition) is 1. The summed E-state index contributed by atoms with van der Waals surface area (Å²) < 4.78 is 0. The van der Waals surface area contributed by atoms with Crippen molar-refractivity contribution in [2.45, 2.75) is 18.6 Å².